The lowest BCUT2D eigenvalue weighted by molar-refractivity contribution is -0.136. The topological polar surface area (TPSA) is 167 Å². The van der Waals surface area contributed by atoms with Crippen molar-refractivity contribution in [1.82, 2.24) is 14.5 Å². The van der Waals surface area contributed by atoms with Gasteiger partial charge in [0, 0.05) is 22.0 Å². The number of nitrogens with two attached hydrogens (primary N) is 1. The predicted molar refractivity (Wildman–Crippen MR) is 254 cm³/mol. The number of hydrogen-bond acceptors (Lipinski definition) is 8. The molecule has 4 aromatic rings. The number of carbonyl (C=O) groups is 2. The Bertz CT molecular complexity index is 2250. The number of aliphatic carboxylic acids is 1. The maximum absolute atomic E-state index is 12.7. The van der Waals surface area contributed by atoms with Crippen LogP contribution in [-0.4, -0.2) is 71.8 Å². The first-order valence-corrected chi connectivity index (χ1v) is 24.7. The highest BCUT2D eigenvalue weighted by molar-refractivity contribution is 9.10. The van der Waals surface area contributed by atoms with Crippen molar-refractivity contribution in [2.45, 2.75) is 115 Å². The highest BCUT2D eigenvalue weighted by atomic mass is 79.9. The number of nitrogens with one attached hydrogen (secondary N) is 1. The molecule has 4 aromatic carbocycles. The Morgan fingerprint density at radius 3 is 1.18 bits per heavy atom. The SMILES string of the molecule is CC(C)c1cc(Br)cc(C(C)C)c1CC(=O)NS(=O)(=O)c1ccc(CN(C)C)cc1.CC(C)c1cc(Br)cc(C(C)C)c1CC(=O)O.CN(C)Cc1ccc(S(N)(=O)=O)cc1. The van der Waals surface area contributed by atoms with E-state index in [1.165, 1.54) is 24.3 Å². The van der Waals surface area contributed by atoms with Crippen molar-refractivity contribution in [3.05, 3.63) is 126 Å². The Hall–Kier alpha value is -3.44. The van der Waals surface area contributed by atoms with Crippen molar-refractivity contribution in [3.8, 4) is 0 Å². The fourth-order valence-corrected chi connectivity index (χ4v) is 9.16. The molecule has 0 aliphatic carbocycles. The third kappa shape index (κ3) is 17.7. The lowest BCUT2D eigenvalue weighted by atomic mass is 9.87. The lowest BCUT2D eigenvalue weighted by Crippen LogP contribution is -2.32. The van der Waals surface area contributed by atoms with Crippen molar-refractivity contribution in [3.63, 3.8) is 0 Å². The molecule has 0 saturated heterocycles. The van der Waals surface area contributed by atoms with Crippen LogP contribution in [-0.2, 0) is 55.6 Å². The van der Waals surface area contributed by atoms with E-state index in [1.807, 2.05) is 62.3 Å². The van der Waals surface area contributed by atoms with Gasteiger partial charge < -0.3 is 14.9 Å². The number of carbonyl (C=O) groups excluding carboxylic acids is 1. The molecule has 0 aliphatic heterocycles. The summed E-state index contributed by atoms with van der Waals surface area (Å²) in [5.74, 6) is -0.208. The van der Waals surface area contributed by atoms with Gasteiger partial charge in [0.05, 0.1) is 22.6 Å². The minimum atomic E-state index is -3.92. The monoisotopic (exact) mass is 1010 g/mol. The zero-order valence-corrected chi connectivity index (χ0v) is 42.3. The zero-order valence-electron chi connectivity index (χ0n) is 37.5. The van der Waals surface area contributed by atoms with Crippen molar-refractivity contribution in [2.24, 2.45) is 5.14 Å². The standard InChI is InChI=1S/C23H31BrN2O3S.C14H19BrO2.C9H14N2O2S/c1-15(2)20-11-18(24)12-21(16(3)4)22(20)13-23(27)25-30(28,29)19-9-7-17(8-10-19)14-26(5)6;1-8(2)11-5-10(15)6-12(9(3)4)13(11)7-14(16)17;1-11(2)7-8-3-5-9(6-4-8)14(10,12)13/h7-12,15-16H,13-14H2,1-6H3,(H,25,27);5-6,8-9H,7H2,1-4H3,(H,16,17);3-6H,7H2,1-2H3,(H2,10,12,13). The molecule has 0 aliphatic rings. The van der Waals surface area contributed by atoms with Gasteiger partial charge in [0.2, 0.25) is 15.9 Å². The van der Waals surface area contributed by atoms with Crippen molar-refractivity contribution in [2.75, 3.05) is 28.2 Å². The van der Waals surface area contributed by atoms with E-state index in [-0.39, 0.29) is 34.5 Å². The number of carboxylic acids is 1. The van der Waals surface area contributed by atoms with Gasteiger partial charge in [-0.15, -0.1) is 0 Å². The molecule has 4 rings (SSSR count). The van der Waals surface area contributed by atoms with Gasteiger partial charge in [-0.1, -0.05) is 112 Å². The number of carboxylic acid groups (broad SMARTS) is 1. The molecule has 61 heavy (non-hydrogen) atoms. The van der Waals surface area contributed by atoms with Crippen LogP contribution in [0.1, 0.15) is 124 Å². The number of rotatable bonds is 15. The number of sulfonamides is 2. The van der Waals surface area contributed by atoms with Crippen LogP contribution in [0.4, 0.5) is 0 Å². The number of primary sulfonamides is 1. The van der Waals surface area contributed by atoms with Gasteiger partial charge >= 0.3 is 5.97 Å². The predicted octanol–water partition coefficient (Wildman–Crippen LogP) is 9.52. The van der Waals surface area contributed by atoms with E-state index in [0.717, 1.165) is 60.0 Å². The second-order valence-electron chi connectivity index (χ2n) is 16.8. The molecule has 0 aromatic heterocycles. The molecule has 0 fully saturated rings. The first-order valence-electron chi connectivity index (χ1n) is 20.0. The quantitative estimate of drug-likeness (QED) is 0.105. The molecule has 0 heterocycles. The fourth-order valence-electron chi connectivity index (χ4n) is 6.67. The first-order chi connectivity index (χ1) is 28.1. The Balaban J connectivity index is 0.000000348. The number of hydrogen-bond donors (Lipinski definition) is 3. The van der Waals surface area contributed by atoms with Crippen LogP contribution in [0.2, 0.25) is 0 Å². The Morgan fingerprint density at radius 2 is 0.902 bits per heavy atom. The second-order valence-corrected chi connectivity index (χ2v) is 21.9. The summed E-state index contributed by atoms with van der Waals surface area (Å²) in [5.41, 5.74) is 8.30. The normalized spacial score (nSPS) is 11.8. The van der Waals surface area contributed by atoms with Gasteiger partial charge in [0.15, 0.2) is 0 Å². The molecule has 4 N–H and O–H groups in total. The summed E-state index contributed by atoms with van der Waals surface area (Å²) in [5, 5.41) is 14.0. The lowest BCUT2D eigenvalue weighted by Gasteiger charge is -2.20. The molecule has 15 heteroatoms. The van der Waals surface area contributed by atoms with Gasteiger partial charge in [0.25, 0.3) is 10.0 Å². The summed E-state index contributed by atoms with van der Waals surface area (Å²) in [4.78, 5) is 28.0. The van der Waals surface area contributed by atoms with E-state index in [9.17, 15) is 26.4 Å². The number of amides is 1. The molecule has 1 amide bonds. The molecular weight excluding hydrogens is 944 g/mol. The maximum Gasteiger partial charge on any atom is 0.307 e. The number of benzene rings is 4. The number of nitrogens with zero attached hydrogens (tertiary/aromatic N) is 2. The van der Waals surface area contributed by atoms with Gasteiger partial charge in [-0.25, -0.2) is 26.7 Å². The van der Waals surface area contributed by atoms with Crippen LogP contribution in [0.5, 0.6) is 0 Å². The van der Waals surface area contributed by atoms with Crippen LogP contribution in [0.15, 0.2) is 91.5 Å². The van der Waals surface area contributed by atoms with Crippen molar-refractivity contribution >= 4 is 63.8 Å². The van der Waals surface area contributed by atoms with Crippen LogP contribution >= 0.6 is 31.9 Å². The fraction of sp³-hybridized carbons (Fsp3) is 0.435. The summed E-state index contributed by atoms with van der Waals surface area (Å²) < 4.78 is 51.5. The largest absolute Gasteiger partial charge is 0.481 e. The van der Waals surface area contributed by atoms with Crippen molar-refractivity contribution in [1.29, 1.82) is 0 Å². The Morgan fingerprint density at radius 1 is 0.590 bits per heavy atom. The number of halogens is 2. The molecule has 11 nitrogen and oxygen atoms in total. The molecule has 0 spiro atoms. The van der Waals surface area contributed by atoms with E-state index in [1.54, 1.807) is 24.3 Å². The van der Waals surface area contributed by atoms with E-state index in [0.29, 0.717) is 18.4 Å². The van der Waals surface area contributed by atoms with E-state index < -0.39 is 31.9 Å². The molecule has 336 valence electrons. The first kappa shape index (κ1) is 53.7. The van der Waals surface area contributed by atoms with E-state index in [2.05, 4.69) is 92.0 Å². The highest BCUT2D eigenvalue weighted by Crippen LogP contribution is 2.33. The molecule has 0 radical (unpaired) electrons. The molecule has 0 bridgehead atoms. The van der Waals surface area contributed by atoms with Gasteiger partial charge in [-0.2, -0.15) is 0 Å². The van der Waals surface area contributed by atoms with E-state index in [4.69, 9.17) is 10.2 Å². The average molecular weight is 1010 g/mol. The zero-order chi connectivity index (χ0) is 46.6. The minimum Gasteiger partial charge on any atom is -0.481 e. The van der Waals surface area contributed by atoms with Crippen LogP contribution in [0.3, 0.4) is 0 Å². The summed E-state index contributed by atoms with van der Waals surface area (Å²) in [7, 11) is 0.317. The van der Waals surface area contributed by atoms with Crippen LogP contribution < -0.4 is 9.86 Å². The second kappa shape index (κ2) is 23.9. The van der Waals surface area contributed by atoms with E-state index >= 15 is 0 Å². The van der Waals surface area contributed by atoms with Crippen molar-refractivity contribution < 1.29 is 31.5 Å². The van der Waals surface area contributed by atoms with Gasteiger partial charge in [-0.05, 0) is 145 Å². The van der Waals surface area contributed by atoms with Crippen LogP contribution in [0.25, 0.3) is 0 Å². The third-order valence-corrected chi connectivity index (χ3v) is 12.7. The molecular formula is C46H64Br2N4O7S2. The summed E-state index contributed by atoms with van der Waals surface area (Å²) >= 11 is 7.05. The molecule has 0 saturated carbocycles. The average Bonchev–Trinajstić information content (AvgIpc) is 3.12. The summed E-state index contributed by atoms with van der Waals surface area (Å²) in [6.07, 6.45) is 0.126. The van der Waals surface area contributed by atoms with Crippen LogP contribution in [0, 0.1) is 0 Å². The molecule has 0 unspecified atom stereocenters. The smallest absolute Gasteiger partial charge is 0.307 e. The summed E-state index contributed by atoms with van der Waals surface area (Å²) in [6, 6.07) is 21.3. The Kier molecular flexibility index (Phi) is 21.0. The van der Waals surface area contributed by atoms with Gasteiger partial charge in [-0.3, -0.25) is 9.59 Å². The maximum atomic E-state index is 12.7. The summed E-state index contributed by atoms with van der Waals surface area (Å²) in [6.45, 7) is 18.2. The third-order valence-electron chi connectivity index (χ3n) is 9.45. The Labute approximate surface area is 381 Å². The highest BCUT2D eigenvalue weighted by Gasteiger charge is 2.23. The van der Waals surface area contributed by atoms with Gasteiger partial charge in [0.1, 0.15) is 0 Å². The minimum absolute atomic E-state index is 0.0201. The molecule has 0 atom stereocenters.